The zero-order valence-corrected chi connectivity index (χ0v) is 19.6. The molecule has 2 fully saturated rings. The van der Waals surface area contributed by atoms with Crippen molar-refractivity contribution in [3.8, 4) is 0 Å². The molecule has 10 heteroatoms. The molecule has 0 aromatic heterocycles. The number of imide groups is 1. The Kier molecular flexibility index (Phi) is 6.97. The molecule has 180 valence electrons. The standard InChI is InChI=1S/C23H32N4O6/c1-22(2,3)33-21(32)27-11-9-26(10-12-27)16-5-6-17(19(29)30)15(13-16)14-24-23(4)8-7-18(28)25-20(23)31/h5-6,13,24H,7-12,14H2,1-4H3,(H,29,30)(H,25,28,31). The second-order valence-corrected chi connectivity index (χ2v) is 9.66. The van der Waals surface area contributed by atoms with Crippen molar-refractivity contribution in [3.63, 3.8) is 0 Å². The Balaban J connectivity index is 1.69. The van der Waals surface area contributed by atoms with E-state index in [9.17, 15) is 24.3 Å². The fraction of sp³-hybridized carbons (Fsp3) is 0.565. The highest BCUT2D eigenvalue weighted by atomic mass is 16.6. The summed E-state index contributed by atoms with van der Waals surface area (Å²) in [5, 5.41) is 15.1. The van der Waals surface area contributed by atoms with Crippen LogP contribution in [0.1, 0.15) is 56.5 Å². The van der Waals surface area contributed by atoms with Gasteiger partial charge in [0.1, 0.15) is 5.60 Å². The lowest BCUT2D eigenvalue weighted by atomic mass is 9.90. The van der Waals surface area contributed by atoms with Crippen molar-refractivity contribution in [2.24, 2.45) is 0 Å². The third kappa shape index (κ3) is 6.01. The number of benzene rings is 1. The number of nitrogens with zero attached hydrogens (tertiary/aromatic N) is 2. The van der Waals surface area contributed by atoms with Gasteiger partial charge >= 0.3 is 12.1 Å². The van der Waals surface area contributed by atoms with E-state index >= 15 is 0 Å². The van der Waals surface area contributed by atoms with Crippen LogP contribution in [-0.4, -0.2) is 71.2 Å². The van der Waals surface area contributed by atoms with Gasteiger partial charge in [0, 0.05) is 44.8 Å². The number of piperidine rings is 1. The summed E-state index contributed by atoms with van der Waals surface area (Å²) in [5.41, 5.74) is 0.0184. The zero-order chi connectivity index (χ0) is 24.4. The second kappa shape index (κ2) is 9.38. The highest BCUT2D eigenvalue weighted by Crippen LogP contribution is 2.24. The smallest absolute Gasteiger partial charge is 0.410 e. The summed E-state index contributed by atoms with van der Waals surface area (Å²) in [7, 11) is 0. The van der Waals surface area contributed by atoms with E-state index in [1.54, 1.807) is 30.0 Å². The molecule has 0 radical (unpaired) electrons. The number of carbonyl (C=O) groups is 4. The third-order valence-electron chi connectivity index (χ3n) is 5.89. The van der Waals surface area contributed by atoms with Crippen LogP contribution in [0, 0.1) is 0 Å². The SMILES string of the molecule is CC(C)(C)OC(=O)N1CCN(c2ccc(C(=O)O)c(CNC3(C)CCC(=O)NC3=O)c2)CC1. The molecular formula is C23H32N4O6. The molecule has 1 aromatic rings. The largest absolute Gasteiger partial charge is 0.478 e. The van der Waals surface area contributed by atoms with Crippen molar-refractivity contribution in [3.05, 3.63) is 29.3 Å². The lowest BCUT2D eigenvalue weighted by molar-refractivity contribution is -0.138. The molecular weight excluding hydrogens is 428 g/mol. The predicted octanol–water partition coefficient (Wildman–Crippen LogP) is 1.73. The zero-order valence-electron chi connectivity index (χ0n) is 19.6. The van der Waals surface area contributed by atoms with E-state index in [1.807, 2.05) is 20.8 Å². The van der Waals surface area contributed by atoms with Gasteiger partial charge in [0.05, 0.1) is 11.1 Å². The van der Waals surface area contributed by atoms with E-state index < -0.39 is 23.0 Å². The lowest BCUT2D eigenvalue weighted by Crippen LogP contribution is -2.59. The number of carboxylic acid groups (broad SMARTS) is 1. The van der Waals surface area contributed by atoms with Crippen molar-refractivity contribution in [2.75, 3.05) is 31.1 Å². The minimum atomic E-state index is -1.05. The number of ether oxygens (including phenoxy) is 1. The molecule has 3 rings (SSSR count). The van der Waals surface area contributed by atoms with Crippen molar-refractivity contribution >= 4 is 29.6 Å². The van der Waals surface area contributed by atoms with Crippen molar-refractivity contribution in [1.29, 1.82) is 0 Å². The first-order valence-electron chi connectivity index (χ1n) is 11.1. The molecule has 1 aromatic carbocycles. The van der Waals surface area contributed by atoms with Crippen molar-refractivity contribution in [2.45, 2.75) is 58.2 Å². The molecule has 2 heterocycles. The Bertz CT molecular complexity index is 949. The summed E-state index contributed by atoms with van der Waals surface area (Å²) in [6, 6.07) is 5.11. The highest BCUT2D eigenvalue weighted by molar-refractivity contribution is 6.02. The molecule has 1 atom stereocenters. The maximum Gasteiger partial charge on any atom is 0.410 e. The van der Waals surface area contributed by atoms with Gasteiger partial charge in [0.25, 0.3) is 0 Å². The molecule has 3 N–H and O–H groups in total. The van der Waals surface area contributed by atoms with Gasteiger partial charge in [-0.15, -0.1) is 0 Å². The third-order valence-corrected chi connectivity index (χ3v) is 5.89. The highest BCUT2D eigenvalue weighted by Gasteiger charge is 2.38. The van der Waals surface area contributed by atoms with E-state index in [0.717, 1.165) is 5.69 Å². The first-order chi connectivity index (χ1) is 15.4. The Hall–Kier alpha value is -3.14. The summed E-state index contributed by atoms with van der Waals surface area (Å²) >= 11 is 0. The number of nitrogens with one attached hydrogen (secondary N) is 2. The normalized spacial score (nSPS) is 21.6. The van der Waals surface area contributed by atoms with Crippen LogP contribution in [0.15, 0.2) is 18.2 Å². The van der Waals surface area contributed by atoms with Crippen LogP contribution in [0.4, 0.5) is 10.5 Å². The molecule has 10 nitrogen and oxygen atoms in total. The van der Waals surface area contributed by atoms with Gasteiger partial charge in [-0.1, -0.05) is 0 Å². The van der Waals surface area contributed by atoms with Crippen LogP contribution in [0.5, 0.6) is 0 Å². The average molecular weight is 461 g/mol. The summed E-state index contributed by atoms with van der Waals surface area (Å²) in [4.78, 5) is 51.6. The van der Waals surface area contributed by atoms with E-state index in [4.69, 9.17) is 4.74 Å². The van der Waals surface area contributed by atoms with Gasteiger partial charge < -0.3 is 19.6 Å². The number of aromatic carboxylic acids is 1. The van der Waals surface area contributed by atoms with Crippen LogP contribution in [-0.2, 0) is 20.9 Å². The fourth-order valence-corrected chi connectivity index (χ4v) is 3.87. The molecule has 0 spiro atoms. The quantitative estimate of drug-likeness (QED) is 0.567. The van der Waals surface area contributed by atoms with Crippen LogP contribution in [0.25, 0.3) is 0 Å². The van der Waals surface area contributed by atoms with Gasteiger partial charge in [0.15, 0.2) is 0 Å². The van der Waals surface area contributed by atoms with Crippen molar-refractivity contribution in [1.82, 2.24) is 15.5 Å². The Labute approximate surface area is 193 Å². The topological polar surface area (TPSA) is 128 Å². The van der Waals surface area contributed by atoms with Gasteiger partial charge in [-0.3, -0.25) is 20.2 Å². The number of hydrogen-bond acceptors (Lipinski definition) is 7. The second-order valence-electron chi connectivity index (χ2n) is 9.66. The maximum atomic E-state index is 12.3. The van der Waals surface area contributed by atoms with Crippen LogP contribution in [0.2, 0.25) is 0 Å². The molecule has 0 saturated carbocycles. The first kappa shape index (κ1) is 24.5. The fourth-order valence-electron chi connectivity index (χ4n) is 3.87. The number of anilines is 1. The Morgan fingerprint density at radius 1 is 1.18 bits per heavy atom. The number of carbonyl (C=O) groups excluding carboxylic acids is 3. The number of piperazine rings is 1. The van der Waals surface area contributed by atoms with E-state index in [0.29, 0.717) is 38.2 Å². The molecule has 2 saturated heterocycles. The minimum Gasteiger partial charge on any atom is -0.478 e. The summed E-state index contributed by atoms with van der Waals surface area (Å²) in [5.74, 6) is -1.77. The summed E-state index contributed by atoms with van der Waals surface area (Å²) in [6.45, 7) is 9.51. The monoisotopic (exact) mass is 460 g/mol. The van der Waals surface area contributed by atoms with Crippen LogP contribution >= 0.6 is 0 Å². The molecule has 1 unspecified atom stereocenters. The summed E-state index contributed by atoms with van der Waals surface area (Å²) < 4.78 is 5.43. The summed E-state index contributed by atoms with van der Waals surface area (Å²) in [6.07, 6.45) is 0.223. The molecule has 3 amide bonds. The molecule has 2 aliphatic rings. The predicted molar refractivity (Wildman–Crippen MR) is 121 cm³/mol. The number of rotatable bonds is 5. The van der Waals surface area contributed by atoms with E-state index in [1.165, 1.54) is 0 Å². The number of carboxylic acids is 1. The molecule has 33 heavy (non-hydrogen) atoms. The van der Waals surface area contributed by atoms with Crippen LogP contribution in [0.3, 0.4) is 0 Å². The van der Waals surface area contributed by atoms with Crippen LogP contribution < -0.4 is 15.5 Å². The Morgan fingerprint density at radius 2 is 1.85 bits per heavy atom. The van der Waals surface area contributed by atoms with E-state index in [-0.39, 0.29) is 30.5 Å². The molecule has 0 aliphatic carbocycles. The van der Waals surface area contributed by atoms with Gasteiger partial charge in [-0.25, -0.2) is 9.59 Å². The Morgan fingerprint density at radius 3 is 2.42 bits per heavy atom. The number of amides is 3. The van der Waals surface area contributed by atoms with Gasteiger partial charge in [-0.2, -0.15) is 0 Å². The average Bonchev–Trinajstić information content (AvgIpc) is 2.74. The van der Waals surface area contributed by atoms with Gasteiger partial charge in [-0.05, 0) is 57.9 Å². The molecule has 2 aliphatic heterocycles. The maximum absolute atomic E-state index is 12.3. The lowest BCUT2D eigenvalue weighted by Gasteiger charge is -2.37. The molecule has 0 bridgehead atoms. The van der Waals surface area contributed by atoms with Crippen molar-refractivity contribution < 1.29 is 29.0 Å². The first-order valence-corrected chi connectivity index (χ1v) is 11.1. The minimum absolute atomic E-state index is 0.148. The number of hydrogen-bond donors (Lipinski definition) is 3. The van der Waals surface area contributed by atoms with E-state index in [2.05, 4.69) is 15.5 Å². The van der Waals surface area contributed by atoms with Gasteiger partial charge in [0.2, 0.25) is 11.8 Å².